The Morgan fingerprint density at radius 1 is 1.27 bits per heavy atom. The predicted molar refractivity (Wildman–Crippen MR) is 109 cm³/mol. The first-order chi connectivity index (χ1) is 14.7. The minimum atomic E-state index is -0.596. The smallest absolute Gasteiger partial charge is 0.433 e. The molecule has 0 spiro atoms. The van der Waals surface area contributed by atoms with Crippen LogP contribution in [0.15, 0.2) is 50.2 Å². The molecule has 11 heteroatoms. The summed E-state index contributed by atoms with van der Waals surface area (Å²) < 4.78 is 23.1. The van der Waals surface area contributed by atoms with Gasteiger partial charge in [-0.3, -0.25) is 15.1 Å². The van der Waals surface area contributed by atoms with Gasteiger partial charge in [0.25, 0.3) is 0 Å². The van der Waals surface area contributed by atoms with Gasteiger partial charge in [0.2, 0.25) is 4.80 Å². The highest BCUT2D eigenvalue weighted by molar-refractivity contribution is 7.07. The third-order valence-electron chi connectivity index (χ3n) is 4.16. The van der Waals surface area contributed by atoms with Crippen LogP contribution in [0.4, 0.5) is 5.88 Å². The Hall–Kier alpha value is -3.44. The number of hydrogen-bond acceptors (Lipinski definition) is 9. The summed E-state index contributed by atoms with van der Waals surface area (Å²) in [4.78, 5) is 15.4. The van der Waals surface area contributed by atoms with Crippen LogP contribution < -0.4 is 14.3 Å². The molecule has 0 bridgehead atoms. The van der Waals surface area contributed by atoms with Gasteiger partial charge in [0.05, 0.1) is 31.1 Å². The minimum Gasteiger partial charge on any atom is -0.486 e. The molecule has 1 aliphatic heterocycles. The summed E-state index contributed by atoms with van der Waals surface area (Å²) in [6.45, 7) is 1.96. The first-order valence-corrected chi connectivity index (χ1v) is 9.92. The number of hydrogen-bond donors (Lipinski definition) is 0. The number of fused-ring (bicyclic) bond motifs is 1. The second-order valence-electron chi connectivity index (χ2n) is 6.13. The van der Waals surface area contributed by atoms with Crippen molar-refractivity contribution in [2.75, 3.05) is 33.5 Å². The largest absolute Gasteiger partial charge is 0.486 e. The van der Waals surface area contributed by atoms with Gasteiger partial charge in [0.1, 0.15) is 18.1 Å². The molecule has 0 radical (unpaired) electrons. The number of benzene rings is 1. The van der Waals surface area contributed by atoms with Crippen LogP contribution in [0.5, 0.6) is 11.5 Å². The Morgan fingerprint density at radius 2 is 2.10 bits per heavy atom. The SMILES string of the molecule is COCCN=c1scc(-c2ccc3c(c2)OCCO3)n1/N=C/c1ccc([N+](=O)[O-])o1. The third kappa shape index (κ3) is 4.26. The molecule has 0 aliphatic carbocycles. The third-order valence-corrected chi connectivity index (χ3v) is 5.01. The molecule has 156 valence electrons. The lowest BCUT2D eigenvalue weighted by molar-refractivity contribution is -0.402. The van der Waals surface area contributed by atoms with Crippen LogP contribution in [0.1, 0.15) is 5.76 Å². The number of thiazole rings is 1. The van der Waals surface area contributed by atoms with Crippen molar-refractivity contribution in [1.82, 2.24) is 4.68 Å². The summed E-state index contributed by atoms with van der Waals surface area (Å²) in [6, 6.07) is 8.43. The molecule has 0 amide bonds. The first kappa shape index (κ1) is 19.9. The lowest BCUT2D eigenvalue weighted by atomic mass is 10.1. The number of furan rings is 1. The highest BCUT2D eigenvalue weighted by Crippen LogP contribution is 2.34. The van der Waals surface area contributed by atoms with Crippen molar-refractivity contribution in [2.24, 2.45) is 10.1 Å². The lowest BCUT2D eigenvalue weighted by Gasteiger charge is -2.18. The van der Waals surface area contributed by atoms with Crippen LogP contribution >= 0.6 is 11.3 Å². The molecule has 0 atom stereocenters. The van der Waals surface area contributed by atoms with E-state index in [9.17, 15) is 10.1 Å². The topological polar surface area (TPSA) is 114 Å². The average molecular weight is 430 g/mol. The van der Waals surface area contributed by atoms with E-state index in [2.05, 4.69) is 10.1 Å². The van der Waals surface area contributed by atoms with Gasteiger partial charge in [-0.15, -0.1) is 11.3 Å². The van der Waals surface area contributed by atoms with E-state index in [1.165, 1.54) is 29.7 Å². The average Bonchev–Trinajstić information content (AvgIpc) is 3.39. The Labute approximate surface area is 174 Å². The quantitative estimate of drug-likeness (QED) is 0.246. The second-order valence-corrected chi connectivity index (χ2v) is 6.96. The Balaban J connectivity index is 1.72. The molecule has 1 aromatic carbocycles. The fraction of sp³-hybridized carbons (Fsp3) is 0.263. The molecule has 4 rings (SSSR count). The molecular weight excluding hydrogens is 412 g/mol. The van der Waals surface area contributed by atoms with Crippen molar-refractivity contribution in [3.8, 4) is 22.8 Å². The molecule has 10 nitrogen and oxygen atoms in total. The number of nitro groups is 1. The molecule has 2 aromatic heterocycles. The van der Waals surface area contributed by atoms with Gasteiger partial charge >= 0.3 is 5.88 Å². The van der Waals surface area contributed by atoms with Crippen molar-refractivity contribution in [3.05, 3.63) is 56.4 Å². The first-order valence-electron chi connectivity index (χ1n) is 9.04. The van der Waals surface area contributed by atoms with E-state index in [0.29, 0.717) is 42.7 Å². The lowest BCUT2D eigenvalue weighted by Crippen LogP contribution is -2.16. The van der Waals surface area contributed by atoms with E-state index in [0.717, 1.165) is 11.3 Å². The van der Waals surface area contributed by atoms with Crippen LogP contribution in [0, 0.1) is 10.1 Å². The van der Waals surface area contributed by atoms with Crippen LogP contribution in [0.25, 0.3) is 11.3 Å². The van der Waals surface area contributed by atoms with Crippen molar-refractivity contribution < 1.29 is 23.6 Å². The molecule has 0 unspecified atom stereocenters. The summed E-state index contributed by atoms with van der Waals surface area (Å²) in [5.41, 5.74) is 1.65. The Morgan fingerprint density at radius 3 is 2.87 bits per heavy atom. The molecule has 30 heavy (non-hydrogen) atoms. The van der Waals surface area contributed by atoms with Crippen LogP contribution in [-0.2, 0) is 4.74 Å². The van der Waals surface area contributed by atoms with E-state index in [1.54, 1.807) is 11.8 Å². The van der Waals surface area contributed by atoms with E-state index in [1.807, 2.05) is 23.6 Å². The van der Waals surface area contributed by atoms with Gasteiger partial charge in [0, 0.05) is 18.1 Å². The molecule has 0 saturated carbocycles. The number of ether oxygens (including phenoxy) is 3. The number of methoxy groups -OCH3 is 1. The normalized spacial score (nSPS) is 13.8. The Bertz CT molecular complexity index is 1150. The number of rotatable bonds is 7. The van der Waals surface area contributed by atoms with Crippen LogP contribution in [0.3, 0.4) is 0 Å². The molecule has 1 aliphatic rings. The predicted octanol–water partition coefficient (Wildman–Crippen LogP) is 2.92. The van der Waals surface area contributed by atoms with E-state index in [4.69, 9.17) is 18.6 Å². The molecule has 3 aromatic rings. The van der Waals surface area contributed by atoms with Gasteiger partial charge in [-0.25, -0.2) is 4.68 Å². The van der Waals surface area contributed by atoms with Crippen LogP contribution in [0.2, 0.25) is 0 Å². The van der Waals surface area contributed by atoms with E-state index >= 15 is 0 Å². The summed E-state index contributed by atoms with van der Waals surface area (Å²) in [5.74, 6) is 1.28. The highest BCUT2D eigenvalue weighted by atomic mass is 32.1. The molecule has 3 heterocycles. The minimum absolute atomic E-state index is 0.261. The summed E-state index contributed by atoms with van der Waals surface area (Å²) >= 11 is 1.42. The molecule has 0 saturated heterocycles. The van der Waals surface area contributed by atoms with Crippen LogP contribution in [-0.4, -0.2) is 49.3 Å². The summed E-state index contributed by atoms with van der Waals surface area (Å²) in [6.07, 6.45) is 1.41. The monoisotopic (exact) mass is 430 g/mol. The number of nitrogens with zero attached hydrogens (tertiary/aromatic N) is 4. The van der Waals surface area contributed by atoms with E-state index < -0.39 is 4.92 Å². The summed E-state index contributed by atoms with van der Waals surface area (Å²) in [5, 5.41) is 17.2. The highest BCUT2D eigenvalue weighted by Gasteiger charge is 2.15. The van der Waals surface area contributed by atoms with Crippen molar-refractivity contribution in [2.45, 2.75) is 0 Å². The molecule has 0 N–H and O–H groups in total. The Kier molecular flexibility index (Phi) is 5.91. The maximum absolute atomic E-state index is 10.8. The van der Waals surface area contributed by atoms with Crippen molar-refractivity contribution >= 4 is 23.4 Å². The van der Waals surface area contributed by atoms with Crippen molar-refractivity contribution in [3.63, 3.8) is 0 Å². The fourth-order valence-electron chi connectivity index (χ4n) is 2.78. The van der Waals surface area contributed by atoms with Gasteiger partial charge in [0.15, 0.2) is 17.3 Å². The fourth-order valence-corrected chi connectivity index (χ4v) is 3.64. The molecule has 0 fully saturated rings. The standard InChI is InChI=1S/C19H18N4O6S/c1-26-7-6-20-19-22(21-11-14-3-5-18(29-14)23(24)25)15(12-30-19)13-2-4-16-17(10-13)28-9-8-27-16/h2-5,10-12H,6-9H2,1H3/b20-19?,21-11+. The second kappa shape index (κ2) is 8.93. The van der Waals surface area contributed by atoms with Crippen molar-refractivity contribution in [1.29, 1.82) is 0 Å². The zero-order valence-corrected chi connectivity index (χ0v) is 16.8. The van der Waals surface area contributed by atoms with Gasteiger partial charge < -0.3 is 18.6 Å². The molecular formula is C19H18N4O6S. The maximum Gasteiger partial charge on any atom is 0.433 e. The number of aromatic nitrogens is 1. The van der Waals surface area contributed by atoms with Gasteiger partial charge in [-0.05, 0) is 24.3 Å². The maximum atomic E-state index is 10.8. The zero-order chi connectivity index (χ0) is 20.9. The van der Waals surface area contributed by atoms with Gasteiger partial charge in [-0.2, -0.15) is 5.10 Å². The zero-order valence-electron chi connectivity index (χ0n) is 16.0. The van der Waals surface area contributed by atoms with Gasteiger partial charge in [-0.1, -0.05) is 0 Å². The van der Waals surface area contributed by atoms with E-state index in [-0.39, 0.29) is 11.6 Å². The summed E-state index contributed by atoms with van der Waals surface area (Å²) in [7, 11) is 1.61.